The van der Waals surface area contributed by atoms with E-state index in [0.29, 0.717) is 0 Å². The fraction of sp³-hybridized carbons (Fsp3) is 0.333. The van der Waals surface area contributed by atoms with Gasteiger partial charge in [-0.2, -0.15) is 5.10 Å². The number of nitrogens with one attached hydrogen (secondary N) is 1. The molecular formula is C21H25ClN4. The van der Waals surface area contributed by atoms with Gasteiger partial charge < -0.3 is 4.90 Å². The molecule has 0 bridgehead atoms. The highest BCUT2D eigenvalue weighted by molar-refractivity contribution is 6.30. The quantitative estimate of drug-likeness (QED) is 0.670. The van der Waals surface area contributed by atoms with Crippen LogP contribution in [-0.2, 0) is 0 Å². The number of aromatic nitrogens is 3. The maximum atomic E-state index is 6.06. The fourth-order valence-corrected chi connectivity index (χ4v) is 3.16. The summed E-state index contributed by atoms with van der Waals surface area (Å²) in [6.07, 6.45) is 3.64. The van der Waals surface area contributed by atoms with Crippen LogP contribution in [0.5, 0.6) is 0 Å². The van der Waals surface area contributed by atoms with Gasteiger partial charge >= 0.3 is 0 Å². The lowest BCUT2D eigenvalue weighted by Gasteiger charge is -2.38. The summed E-state index contributed by atoms with van der Waals surface area (Å²) < 4.78 is 0. The lowest BCUT2D eigenvalue weighted by atomic mass is 9.82. The third-order valence-electron chi connectivity index (χ3n) is 5.53. The second-order valence-electron chi connectivity index (χ2n) is 7.37. The summed E-state index contributed by atoms with van der Waals surface area (Å²) in [4.78, 5) is 6.41. The lowest BCUT2D eigenvalue weighted by molar-refractivity contribution is 0.162. The van der Waals surface area contributed by atoms with E-state index in [4.69, 9.17) is 11.6 Å². The number of halogens is 1. The van der Waals surface area contributed by atoms with Crippen molar-refractivity contribution in [2.75, 3.05) is 14.1 Å². The van der Waals surface area contributed by atoms with Gasteiger partial charge in [-0.15, -0.1) is 0 Å². The molecule has 2 aromatic heterocycles. The lowest BCUT2D eigenvalue weighted by Crippen LogP contribution is -2.43. The number of aromatic amines is 1. The van der Waals surface area contributed by atoms with E-state index >= 15 is 0 Å². The summed E-state index contributed by atoms with van der Waals surface area (Å²) in [7, 11) is 4.22. The zero-order valence-corrected chi connectivity index (χ0v) is 16.7. The molecule has 0 saturated heterocycles. The minimum absolute atomic E-state index is 0.0361. The van der Waals surface area contributed by atoms with Crippen molar-refractivity contribution < 1.29 is 0 Å². The van der Waals surface area contributed by atoms with Crippen LogP contribution in [0.4, 0.5) is 0 Å². The number of pyridine rings is 1. The molecule has 0 saturated carbocycles. The molecule has 26 heavy (non-hydrogen) atoms. The summed E-state index contributed by atoms with van der Waals surface area (Å²) in [5, 5.41) is 8.72. The number of H-pyrrole nitrogens is 1. The van der Waals surface area contributed by atoms with E-state index in [1.54, 1.807) is 0 Å². The second-order valence-corrected chi connectivity index (χ2v) is 7.81. The molecule has 1 atom stereocenters. The molecule has 4 nitrogen and oxygen atoms in total. The van der Waals surface area contributed by atoms with Crippen LogP contribution in [0.1, 0.15) is 32.4 Å². The number of hydrogen-bond acceptors (Lipinski definition) is 3. The number of likely N-dealkylation sites (N-methyl/N-ethyl adjacent to an activating group) is 1. The zero-order chi connectivity index (χ0) is 18.9. The van der Waals surface area contributed by atoms with E-state index in [1.165, 1.54) is 0 Å². The highest BCUT2D eigenvalue weighted by Gasteiger charge is 2.33. The second kappa shape index (κ2) is 7.22. The molecule has 0 aliphatic rings. The Balaban J connectivity index is 2.19. The van der Waals surface area contributed by atoms with Crippen molar-refractivity contribution in [1.82, 2.24) is 20.1 Å². The van der Waals surface area contributed by atoms with Gasteiger partial charge in [0.15, 0.2) is 0 Å². The zero-order valence-electron chi connectivity index (χ0n) is 15.9. The molecule has 0 aliphatic carbocycles. The summed E-state index contributed by atoms with van der Waals surface area (Å²) in [5.74, 6) is 0.245. The Labute approximate surface area is 160 Å². The molecule has 1 unspecified atom stereocenters. The molecular weight excluding hydrogens is 344 g/mol. The summed E-state index contributed by atoms with van der Waals surface area (Å²) in [5.41, 5.74) is 5.29. The molecule has 0 fully saturated rings. The minimum Gasteiger partial charge on any atom is -0.304 e. The van der Waals surface area contributed by atoms with Crippen molar-refractivity contribution in [3.8, 4) is 22.4 Å². The van der Waals surface area contributed by atoms with E-state index in [-0.39, 0.29) is 11.5 Å². The summed E-state index contributed by atoms with van der Waals surface area (Å²) in [6.45, 7) is 6.73. The highest BCUT2D eigenvalue weighted by atomic mass is 35.5. The van der Waals surface area contributed by atoms with Crippen molar-refractivity contribution in [3.05, 3.63) is 59.5 Å². The third kappa shape index (κ3) is 3.39. The van der Waals surface area contributed by atoms with Crippen molar-refractivity contribution in [2.24, 2.45) is 0 Å². The van der Waals surface area contributed by atoms with Crippen LogP contribution in [0.2, 0.25) is 5.02 Å². The van der Waals surface area contributed by atoms with Gasteiger partial charge in [0.1, 0.15) is 5.69 Å². The Bertz CT molecular complexity index is 867. The van der Waals surface area contributed by atoms with Gasteiger partial charge in [0.05, 0.1) is 0 Å². The summed E-state index contributed by atoms with van der Waals surface area (Å²) in [6, 6.07) is 11.9. The first kappa shape index (κ1) is 18.6. The van der Waals surface area contributed by atoms with Crippen LogP contribution in [0, 0.1) is 0 Å². The molecule has 3 rings (SSSR count). The molecule has 0 radical (unpaired) electrons. The van der Waals surface area contributed by atoms with E-state index in [9.17, 15) is 0 Å². The molecule has 0 spiro atoms. The first-order valence-corrected chi connectivity index (χ1v) is 9.12. The van der Waals surface area contributed by atoms with Crippen LogP contribution >= 0.6 is 11.6 Å². The van der Waals surface area contributed by atoms with Crippen LogP contribution in [0.15, 0.2) is 48.8 Å². The average Bonchev–Trinajstić information content (AvgIpc) is 3.07. The highest BCUT2D eigenvalue weighted by Crippen LogP contribution is 2.40. The molecule has 1 N–H and O–H groups in total. The molecule has 136 valence electrons. The first-order valence-electron chi connectivity index (χ1n) is 8.74. The van der Waals surface area contributed by atoms with Crippen LogP contribution in [0.25, 0.3) is 22.4 Å². The Morgan fingerprint density at radius 2 is 1.62 bits per heavy atom. The van der Waals surface area contributed by atoms with Crippen LogP contribution < -0.4 is 0 Å². The maximum absolute atomic E-state index is 6.06. The molecule has 0 aliphatic heterocycles. The number of rotatable bonds is 5. The van der Waals surface area contributed by atoms with Gasteiger partial charge in [0.25, 0.3) is 0 Å². The topological polar surface area (TPSA) is 44.8 Å². The molecule has 2 heterocycles. The van der Waals surface area contributed by atoms with Crippen LogP contribution in [0.3, 0.4) is 0 Å². The minimum atomic E-state index is -0.0361. The normalized spacial score (nSPS) is 13.2. The largest absolute Gasteiger partial charge is 0.304 e. The maximum Gasteiger partial charge on any atom is 0.100 e. The number of benzene rings is 1. The molecule has 0 amide bonds. The van der Waals surface area contributed by atoms with Gasteiger partial charge in [0.2, 0.25) is 0 Å². The van der Waals surface area contributed by atoms with Gasteiger partial charge in [-0.3, -0.25) is 10.1 Å². The average molecular weight is 369 g/mol. The Hall–Kier alpha value is -2.17. The predicted octanol–water partition coefficient (Wildman–Crippen LogP) is 5.24. The van der Waals surface area contributed by atoms with Gasteiger partial charge in [-0.1, -0.05) is 30.7 Å². The Morgan fingerprint density at radius 1 is 1.00 bits per heavy atom. The predicted molar refractivity (Wildman–Crippen MR) is 108 cm³/mol. The molecule has 1 aromatic carbocycles. The van der Waals surface area contributed by atoms with E-state index in [0.717, 1.165) is 33.1 Å². The van der Waals surface area contributed by atoms with Gasteiger partial charge in [-0.05, 0) is 57.8 Å². The fourth-order valence-electron chi connectivity index (χ4n) is 3.04. The van der Waals surface area contributed by atoms with Gasteiger partial charge in [0, 0.05) is 45.7 Å². The smallest absolute Gasteiger partial charge is 0.100 e. The Morgan fingerprint density at radius 3 is 2.19 bits per heavy atom. The van der Waals surface area contributed by atoms with Gasteiger partial charge in [-0.25, -0.2) is 0 Å². The standard InChI is InChI=1S/C21H25ClN4/c1-14(21(2,3)26(4)5)19-18(15-10-12-23-13-11-15)20(25-24-19)16-6-8-17(22)9-7-16/h6-14H,1-5H3,(H,24,25). The van der Waals surface area contributed by atoms with E-state index in [1.807, 2.05) is 48.8 Å². The molecule has 5 heteroatoms. The van der Waals surface area contributed by atoms with Crippen LogP contribution in [-0.4, -0.2) is 39.7 Å². The van der Waals surface area contributed by atoms with Crippen molar-refractivity contribution in [2.45, 2.75) is 32.2 Å². The monoisotopic (exact) mass is 368 g/mol. The van der Waals surface area contributed by atoms with Crippen molar-refractivity contribution >= 4 is 11.6 Å². The molecule has 3 aromatic rings. The number of hydrogen-bond donors (Lipinski definition) is 1. The van der Waals surface area contributed by atoms with E-state index < -0.39 is 0 Å². The van der Waals surface area contributed by atoms with Crippen molar-refractivity contribution in [3.63, 3.8) is 0 Å². The first-order chi connectivity index (χ1) is 12.3. The third-order valence-corrected chi connectivity index (χ3v) is 5.78. The summed E-state index contributed by atoms with van der Waals surface area (Å²) >= 11 is 6.06. The number of nitrogens with zero attached hydrogens (tertiary/aromatic N) is 3. The Kier molecular flexibility index (Phi) is 5.17. The van der Waals surface area contributed by atoms with E-state index in [2.05, 4.69) is 54.9 Å². The van der Waals surface area contributed by atoms with Crippen molar-refractivity contribution in [1.29, 1.82) is 0 Å². The SMILES string of the molecule is CC(c1[nH]nc(-c2ccc(Cl)cc2)c1-c1ccncc1)C(C)(C)N(C)C.